The van der Waals surface area contributed by atoms with Crippen molar-refractivity contribution in [2.75, 3.05) is 20.7 Å². The van der Waals surface area contributed by atoms with Gasteiger partial charge in [0.05, 0.1) is 19.2 Å². The van der Waals surface area contributed by atoms with Gasteiger partial charge in [-0.15, -0.1) is 0 Å². The lowest BCUT2D eigenvalue weighted by Gasteiger charge is -2.02. The van der Waals surface area contributed by atoms with Crippen LogP contribution in [0.15, 0.2) is 22.7 Å². The molecule has 0 saturated heterocycles. The van der Waals surface area contributed by atoms with E-state index in [0.29, 0.717) is 6.54 Å². The Bertz CT molecular complexity index is 365. The highest BCUT2D eigenvalue weighted by Gasteiger charge is 1.99. The molecule has 0 amide bonds. The zero-order valence-corrected chi connectivity index (χ0v) is 9.81. The molecule has 1 N–H and O–H groups in total. The number of hydrogen-bond acceptors (Lipinski definition) is 2. The average molecular weight is 254 g/mol. The van der Waals surface area contributed by atoms with E-state index in [9.17, 15) is 0 Å². The normalized spacial score (nSPS) is 9.07. The van der Waals surface area contributed by atoms with Crippen molar-refractivity contribution >= 4 is 15.9 Å². The predicted octanol–water partition coefficient (Wildman–Crippen LogP) is 2.03. The van der Waals surface area contributed by atoms with Gasteiger partial charge >= 0.3 is 0 Å². The fourth-order valence-electron chi connectivity index (χ4n) is 0.996. The van der Waals surface area contributed by atoms with Crippen molar-refractivity contribution in [3.05, 3.63) is 28.2 Å². The molecule has 1 aromatic rings. The summed E-state index contributed by atoms with van der Waals surface area (Å²) in [6.07, 6.45) is 0. The number of nitrogens with one attached hydrogen (secondary N) is 1. The van der Waals surface area contributed by atoms with Crippen LogP contribution < -0.4 is 10.1 Å². The number of rotatable bonds is 2. The number of methoxy groups -OCH3 is 1. The number of benzene rings is 1. The van der Waals surface area contributed by atoms with Crippen LogP contribution >= 0.6 is 15.9 Å². The highest BCUT2D eigenvalue weighted by atomic mass is 79.9. The fraction of sp³-hybridized carbons (Fsp3) is 0.273. The molecule has 0 aliphatic carbocycles. The van der Waals surface area contributed by atoms with Crippen LogP contribution in [0.3, 0.4) is 0 Å². The van der Waals surface area contributed by atoms with Crippen molar-refractivity contribution in [2.45, 2.75) is 0 Å². The molecule has 1 rings (SSSR count). The summed E-state index contributed by atoms with van der Waals surface area (Å²) in [5.41, 5.74) is 0.908. The van der Waals surface area contributed by atoms with Gasteiger partial charge in [-0.25, -0.2) is 0 Å². The van der Waals surface area contributed by atoms with E-state index < -0.39 is 0 Å². The third-order valence-electron chi connectivity index (χ3n) is 1.65. The first kappa shape index (κ1) is 11.1. The van der Waals surface area contributed by atoms with Gasteiger partial charge in [0, 0.05) is 4.47 Å². The first-order valence-corrected chi connectivity index (χ1v) is 5.04. The van der Waals surface area contributed by atoms with Crippen LogP contribution in [0.25, 0.3) is 0 Å². The lowest BCUT2D eigenvalue weighted by molar-refractivity contribution is 0.413. The molecule has 0 atom stereocenters. The Morgan fingerprint density at radius 3 is 2.93 bits per heavy atom. The fourth-order valence-corrected chi connectivity index (χ4v) is 1.34. The molecule has 0 spiro atoms. The molecule has 1 aromatic carbocycles. The monoisotopic (exact) mass is 253 g/mol. The van der Waals surface area contributed by atoms with E-state index in [1.807, 2.05) is 25.2 Å². The first-order chi connectivity index (χ1) is 6.77. The van der Waals surface area contributed by atoms with E-state index in [2.05, 4.69) is 33.1 Å². The van der Waals surface area contributed by atoms with Crippen LogP contribution in [0.2, 0.25) is 0 Å². The van der Waals surface area contributed by atoms with Crippen LogP contribution in [0.1, 0.15) is 5.56 Å². The summed E-state index contributed by atoms with van der Waals surface area (Å²) in [5.74, 6) is 6.82. The Balaban J connectivity index is 2.92. The summed E-state index contributed by atoms with van der Waals surface area (Å²) in [6.45, 7) is 0.680. The van der Waals surface area contributed by atoms with Crippen molar-refractivity contribution in [1.82, 2.24) is 5.32 Å². The van der Waals surface area contributed by atoms with Crippen molar-refractivity contribution in [2.24, 2.45) is 0 Å². The topological polar surface area (TPSA) is 21.3 Å². The number of ether oxygens (including phenoxy) is 1. The molecule has 14 heavy (non-hydrogen) atoms. The van der Waals surface area contributed by atoms with Crippen LogP contribution in [-0.2, 0) is 0 Å². The zero-order chi connectivity index (χ0) is 10.4. The van der Waals surface area contributed by atoms with Gasteiger partial charge in [0.25, 0.3) is 0 Å². The zero-order valence-electron chi connectivity index (χ0n) is 8.23. The van der Waals surface area contributed by atoms with Crippen molar-refractivity contribution in [3.63, 3.8) is 0 Å². The second kappa shape index (κ2) is 5.69. The van der Waals surface area contributed by atoms with E-state index >= 15 is 0 Å². The average Bonchev–Trinajstić information content (AvgIpc) is 2.20. The van der Waals surface area contributed by atoms with E-state index in [-0.39, 0.29) is 0 Å². The maximum atomic E-state index is 5.20. The Morgan fingerprint density at radius 2 is 2.29 bits per heavy atom. The molecule has 0 saturated carbocycles. The van der Waals surface area contributed by atoms with E-state index in [1.54, 1.807) is 7.11 Å². The minimum absolute atomic E-state index is 0.680. The first-order valence-electron chi connectivity index (χ1n) is 4.25. The highest BCUT2D eigenvalue weighted by Crippen LogP contribution is 2.22. The van der Waals surface area contributed by atoms with E-state index in [1.165, 1.54) is 0 Å². The Morgan fingerprint density at radius 1 is 1.50 bits per heavy atom. The largest absolute Gasteiger partial charge is 0.495 e. The molecular weight excluding hydrogens is 242 g/mol. The van der Waals surface area contributed by atoms with Gasteiger partial charge in [-0.05, 0) is 25.2 Å². The number of halogens is 1. The van der Waals surface area contributed by atoms with Gasteiger partial charge in [0.2, 0.25) is 0 Å². The Labute approximate surface area is 92.8 Å². The predicted molar refractivity (Wildman–Crippen MR) is 61.5 cm³/mol. The molecule has 0 bridgehead atoms. The maximum absolute atomic E-state index is 5.20. The lowest BCUT2D eigenvalue weighted by Crippen LogP contribution is -2.04. The Hall–Kier alpha value is -0.980. The van der Waals surface area contributed by atoms with Crippen molar-refractivity contribution in [3.8, 4) is 17.6 Å². The summed E-state index contributed by atoms with van der Waals surface area (Å²) in [6, 6.07) is 5.79. The molecule has 0 radical (unpaired) electrons. The van der Waals surface area contributed by atoms with Crippen molar-refractivity contribution in [1.29, 1.82) is 0 Å². The quantitative estimate of drug-likeness (QED) is 0.815. The second-order valence-electron chi connectivity index (χ2n) is 2.68. The lowest BCUT2D eigenvalue weighted by atomic mass is 10.2. The van der Waals surface area contributed by atoms with Gasteiger partial charge in [-0.1, -0.05) is 27.8 Å². The third-order valence-corrected chi connectivity index (χ3v) is 2.15. The second-order valence-corrected chi connectivity index (χ2v) is 3.59. The van der Waals surface area contributed by atoms with Crippen LogP contribution in [0.4, 0.5) is 0 Å². The van der Waals surface area contributed by atoms with E-state index in [0.717, 1.165) is 15.8 Å². The standard InChI is InChI=1S/C11H12BrNO/c1-13-7-3-4-9-5-6-10(12)8-11(9)14-2/h5-6,8,13H,7H2,1-2H3. The van der Waals surface area contributed by atoms with Crippen LogP contribution in [0.5, 0.6) is 5.75 Å². The summed E-state index contributed by atoms with van der Waals surface area (Å²) < 4.78 is 6.20. The molecule has 0 fully saturated rings. The molecule has 74 valence electrons. The van der Waals surface area contributed by atoms with Gasteiger partial charge in [-0.3, -0.25) is 0 Å². The van der Waals surface area contributed by atoms with Crippen LogP contribution in [0, 0.1) is 11.8 Å². The highest BCUT2D eigenvalue weighted by molar-refractivity contribution is 9.10. The summed E-state index contributed by atoms with van der Waals surface area (Å²) in [4.78, 5) is 0. The van der Waals surface area contributed by atoms with E-state index in [4.69, 9.17) is 4.74 Å². The number of hydrogen-bond donors (Lipinski definition) is 1. The Kier molecular flexibility index (Phi) is 4.51. The molecule has 0 heterocycles. The molecule has 3 heteroatoms. The smallest absolute Gasteiger partial charge is 0.135 e. The maximum Gasteiger partial charge on any atom is 0.135 e. The minimum Gasteiger partial charge on any atom is -0.495 e. The van der Waals surface area contributed by atoms with Gasteiger partial charge in [0.15, 0.2) is 0 Å². The molecular formula is C11H12BrNO. The molecule has 0 aliphatic rings. The minimum atomic E-state index is 0.680. The molecule has 2 nitrogen and oxygen atoms in total. The van der Waals surface area contributed by atoms with Crippen molar-refractivity contribution < 1.29 is 4.74 Å². The molecule has 0 aliphatic heterocycles. The molecule has 0 aromatic heterocycles. The molecule has 0 unspecified atom stereocenters. The van der Waals surface area contributed by atoms with Crippen LogP contribution in [-0.4, -0.2) is 20.7 Å². The van der Waals surface area contributed by atoms with Gasteiger partial charge < -0.3 is 10.1 Å². The SMILES string of the molecule is CNCC#Cc1ccc(Br)cc1OC. The van der Waals surface area contributed by atoms with Gasteiger partial charge in [0.1, 0.15) is 5.75 Å². The van der Waals surface area contributed by atoms with Gasteiger partial charge in [-0.2, -0.15) is 0 Å². The third kappa shape index (κ3) is 3.06. The summed E-state index contributed by atoms with van der Waals surface area (Å²) in [7, 11) is 3.51. The summed E-state index contributed by atoms with van der Waals surface area (Å²) >= 11 is 3.38. The summed E-state index contributed by atoms with van der Waals surface area (Å²) in [5, 5.41) is 2.96.